The number of alkyl halides is 1. The number of fused-ring (bicyclic) bond motifs is 1. The molecule has 2 heterocycles. The lowest BCUT2D eigenvalue weighted by Crippen LogP contribution is -2.55. The molecular formula is C20H33FN6O2. The molecule has 0 bridgehead atoms. The van der Waals surface area contributed by atoms with E-state index in [1.807, 2.05) is 0 Å². The van der Waals surface area contributed by atoms with E-state index < -0.39 is 12.2 Å². The SMILES string of the molecule is CC1CCC(F)CC1CN(C)C(=O)C1NNC2=NC=NC(N[C@@H]3CCC[C@H]3O)C21. The quantitative estimate of drug-likeness (QED) is 0.533. The van der Waals surface area contributed by atoms with E-state index in [-0.39, 0.29) is 36.1 Å². The fourth-order valence-electron chi connectivity index (χ4n) is 5.20. The maximum Gasteiger partial charge on any atom is 0.242 e. The van der Waals surface area contributed by atoms with E-state index in [2.05, 4.69) is 33.1 Å². The summed E-state index contributed by atoms with van der Waals surface area (Å²) in [7, 11) is 1.79. The Morgan fingerprint density at radius 1 is 1.38 bits per heavy atom. The highest BCUT2D eigenvalue weighted by atomic mass is 19.1. The van der Waals surface area contributed by atoms with Crippen molar-refractivity contribution in [3.63, 3.8) is 0 Å². The van der Waals surface area contributed by atoms with Gasteiger partial charge in [-0.05, 0) is 50.4 Å². The molecule has 4 N–H and O–H groups in total. The predicted molar refractivity (Wildman–Crippen MR) is 109 cm³/mol. The maximum atomic E-state index is 13.9. The van der Waals surface area contributed by atoms with E-state index in [4.69, 9.17) is 0 Å². The molecule has 0 aromatic heterocycles. The summed E-state index contributed by atoms with van der Waals surface area (Å²) in [6, 6.07) is -0.525. The molecule has 6 unspecified atom stereocenters. The zero-order valence-corrected chi connectivity index (χ0v) is 17.2. The lowest BCUT2D eigenvalue weighted by molar-refractivity contribution is -0.134. The van der Waals surface area contributed by atoms with Crippen molar-refractivity contribution in [3.05, 3.63) is 0 Å². The van der Waals surface area contributed by atoms with Crippen LogP contribution in [0.15, 0.2) is 9.98 Å². The third-order valence-corrected chi connectivity index (χ3v) is 7.11. The van der Waals surface area contributed by atoms with Crippen molar-refractivity contribution in [2.45, 2.75) is 76.0 Å². The van der Waals surface area contributed by atoms with Crippen LogP contribution in [0.2, 0.25) is 0 Å². The van der Waals surface area contributed by atoms with Gasteiger partial charge in [0.05, 0.1) is 12.0 Å². The number of amidine groups is 1. The van der Waals surface area contributed by atoms with Gasteiger partial charge >= 0.3 is 0 Å². The highest BCUT2D eigenvalue weighted by Crippen LogP contribution is 2.32. The summed E-state index contributed by atoms with van der Waals surface area (Å²) in [6.45, 7) is 2.71. The van der Waals surface area contributed by atoms with Crippen molar-refractivity contribution < 1.29 is 14.3 Å². The van der Waals surface area contributed by atoms with Crippen molar-refractivity contribution >= 4 is 18.1 Å². The first kappa shape index (κ1) is 20.7. The third-order valence-electron chi connectivity index (χ3n) is 7.11. The van der Waals surface area contributed by atoms with Gasteiger partial charge in [-0.3, -0.25) is 15.1 Å². The summed E-state index contributed by atoms with van der Waals surface area (Å²) < 4.78 is 13.9. The molecule has 0 spiro atoms. The topological polar surface area (TPSA) is 101 Å². The fraction of sp³-hybridized carbons (Fsp3) is 0.850. The van der Waals surface area contributed by atoms with E-state index in [1.54, 1.807) is 11.9 Å². The average Bonchev–Trinajstić information content (AvgIpc) is 3.31. The molecule has 8 atom stereocenters. The highest BCUT2D eigenvalue weighted by molar-refractivity contribution is 5.99. The van der Waals surface area contributed by atoms with E-state index in [0.29, 0.717) is 31.1 Å². The standard InChI is InChI=1S/C20H33FN6O2/c1-11-6-7-13(21)8-12(11)9-27(2)20(29)17-16-18(22-10-23-19(16)26-25-17)24-14-4-3-5-15(14)28/h10-18,24-25,28H,3-9H2,1-2H3,(H,22,23,26)/t11?,12?,13?,14-,15-,16?,17?,18?/m1/s1. The molecule has 3 fully saturated rings. The van der Waals surface area contributed by atoms with Crippen molar-refractivity contribution in [3.8, 4) is 0 Å². The van der Waals surface area contributed by atoms with Gasteiger partial charge in [0.1, 0.15) is 30.6 Å². The van der Waals surface area contributed by atoms with E-state index >= 15 is 0 Å². The first-order valence-electron chi connectivity index (χ1n) is 10.9. The van der Waals surface area contributed by atoms with Crippen LogP contribution in [0.1, 0.15) is 45.4 Å². The number of aliphatic imine (C=N–C) groups is 2. The number of carbonyl (C=O) groups is 1. The van der Waals surface area contributed by atoms with Crippen molar-refractivity contribution in [1.82, 2.24) is 21.1 Å². The van der Waals surface area contributed by atoms with Crippen LogP contribution in [0.25, 0.3) is 0 Å². The molecule has 2 saturated carbocycles. The Morgan fingerprint density at radius 3 is 2.97 bits per heavy atom. The van der Waals surface area contributed by atoms with Crippen LogP contribution in [0, 0.1) is 17.8 Å². The maximum absolute atomic E-state index is 13.9. The van der Waals surface area contributed by atoms with Crippen LogP contribution < -0.4 is 16.2 Å². The number of aliphatic hydroxyl groups is 1. The molecule has 1 saturated heterocycles. The lowest BCUT2D eigenvalue weighted by atomic mass is 9.79. The molecule has 9 heteroatoms. The Hall–Kier alpha value is -1.58. The largest absolute Gasteiger partial charge is 0.392 e. The van der Waals surface area contributed by atoms with E-state index in [1.165, 1.54) is 6.34 Å². The van der Waals surface area contributed by atoms with E-state index in [9.17, 15) is 14.3 Å². The molecular weight excluding hydrogens is 375 g/mol. The van der Waals surface area contributed by atoms with Gasteiger partial charge in [0.2, 0.25) is 5.91 Å². The molecule has 8 nitrogen and oxygen atoms in total. The Balaban J connectivity index is 1.42. The van der Waals surface area contributed by atoms with Crippen molar-refractivity contribution in [2.75, 3.05) is 13.6 Å². The molecule has 0 radical (unpaired) electrons. The van der Waals surface area contributed by atoms with Gasteiger partial charge in [-0.15, -0.1) is 0 Å². The number of nitrogens with zero attached hydrogens (tertiary/aromatic N) is 3. The first-order chi connectivity index (χ1) is 13.9. The van der Waals surface area contributed by atoms with Gasteiger partial charge in [0.15, 0.2) is 0 Å². The summed E-state index contributed by atoms with van der Waals surface area (Å²) in [4.78, 5) is 23.7. The molecule has 162 valence electrons. The van der Waals surface area contributed by atoms with Gasteiger partial charge in [0, 0.05) is 19.6 Å². The second-order valence-electron chi connectivity index (χ2n) is 9.13. The second-order valence-corrected chi connectivity index (χ2v) is 9.13. The molecule has 0 aromatic carbocycles. The Morgan fingerprint density at radius 2 is 2.21 bits per heavy atom. The number of rotatable bonds is 5. The molecule has 2 aliphatic heterocycles. The third kappa shape index (κ3) is 4.32. The molecule has 4 aliphatic rings. The number of hydrogen-bond acceptors (Lipinski definition) is 7. The lowest BCUT2D eigenvalue weighted by Gasteiger charge is -2.35. The van der Waals surface area contributed by atoms with Crippen LogP contribution in [-0.2, 0) is 4.79 Å². The number of amides is 1. The summed E-state index contributed by atoms with van der Waals surface area (Å²) >= 11 is 0. The first-order valence-corrected chi connectivity index (χ1v) is 10.9. The van der Waals surface area contributed by atoms with Crippen LogP contribution >= 0.6 is 0 Å². The number of nitrogens with one attached hydrogen (secondary N) is 3. The minimum absolute atomic E-state index is 0.0184. The van der Waals surface area contributed by atoms with Crippen LogP contribution in [0.3, 0.4) is 0 Å². The van der Waals surface area contributed by atoms with Crippen LogP contribution in [-0.4, -0.2) is 72.2 Å². The van der Waals surface area contributed by atoms with Gasteiger partial charge in [0.25, 0.3) is 0 Å². The minimum atomic E-state index is -0.760. The Kier molecular flexibility index (Phi) is 6.17. The van der Waals surface area contributed by atoms with Gasteiger partial charge in [-0.25, -0.2) is 14.8 Å². The van der Waals surface area contributed by atoms with Gasteiger partial charge in [-0.2, -0.15) is 0 Å². The van der Waals surface area contributed by atoms with E-state index in [0.717, 1.165) is 25.7 Å². The van der Waals surface area contributed by atoms with Gasteiger partial charge < -0.3 is 15.4 Å². The number of hydrogen-bond donors (Lipinski definition) is 4. The molecule has 4 rings (SSSR count). The minimum Gasteiger partial charge on any atom is -0.392 e. The Bertz CT molecular complexity index is 673. The fourth-order valence-corrected chi connectivity index (χ4v) is 5.20. The van der Waals surface area contributed by atoms with Crippen molar-refractivity contribution in [1.29, 1.82) is 0 Å². The summed E-state index contributed by atoms with van der Waals surface area (Å²) in [6.07, 6.45) is 4.74. The molecule has 29 heavy (non-hydrogen) atoms. The zero-order chi connectivity index (χ0) is 20.5. The number of likely N-dealkylation sites (N-methyl/N-ethyl adjacent to an activating group) is 1. The van der Waals surface area contributed by atoms with Gasteiger partial charge in [-0.1, -0.05) is 6.92 Å². The molecule has 0 aromatic rings. The summed E-state index contributed by atoms with van der Waals surface area (Å²) in [5, 5.41) is 13.6. The number of halogens is 1. The van der Waals surface area contributed by atoms with Crippen LogP contribution in [0.5, 0.6) is 0 Å². The molecule has 1 amide bonds. The second kappa shape index (κ2) is 8.65. The highest BCUT2D eigenvalue weighted by Gasteiger charge is 2.46. The predicted octanol–water partition coefficient (Wildman–Crippen LogP) is 0.581. The summed E-state index contributed by atoms with van der Waals surface area (Å²) in [5.41, 5.74) is 6.10. The number of aliphatic hydroxyl groups excluding tert-OH is 1. The Labute approximate surface area is 171 Å². The average molecular weight is 409 g/mol. The van der Waals surface area contributed by atoms with Crippen LogP contribution in [0.4, 0.5) is 4.39 Å². The molecule has 2 aliphatic carbocycles. The monoisotopic (exact) mass is 408 g/mol. The number of carbonyl (C=O) groups excluding carboxylic acids is 1. The smallest absolute Gasteiger partial charge is 0.242 e. The number of hydrazine groups is 1. The van der Waals surface area contributed by atoms with Crippen molar-refractivity contribution in [2.24, 2.45) is 27.7 Å². The normalized spacial score (nSPS) is 41.6. The summed E-state index contributed by atoms with van der Waals surface area (Å²) in [5.74, 6) is 0.979. The zero-order valence-electron chi connectivity index (χ0n) is 17.2.